The van der Waals surface area contributed by atoms with Crippen LogP contribution >= 0.6 is 0 Å². The van der Waals surface area contributed by atoms with E-state index in [1.54, 1.807) is 6.20 Å². The lowest BCUT2D eigenvalue weighted by Gasteiger charge is -2.49. The zero-order chi connectivity index (χ0) is 25.2. The van der Waals surface area contributed by atoms with Crippen LogP contribution in [0.15, 0.2) is 58.4 Å². The highest BCUT2D eigenvalue weighted by Gasteiger charge is 2.50. The first-order valence-corrected chi connectivity index (χ1v) is 12.3. The normalized spacial score (nSPS) is 27.9. The van der Waals surface area contributed by atoms with Crippen molar-refractivity contribution in [2.75, 3.05) is 20.6 Å². The maximum atomic E-state index is 10.9. The smallest absolute Gasteiger partial charge is 0.251 e. The first-order valence-electron chi connectivity index (χ1n) is 12.3. The van der Waals surface area contributed by atoms with Gasteiger partial charge in [-0.25, -0.2) is 9.98 Å². The topological polar surface area (TPSA) is 94.2 Å². The lowest BCUT2D eigenvalue weighted by Crippen LogP contribution is -2.54. The maximum absolute atomic E-state index is 10.9. The van der Waals surface area contributed by atoms with Crippen molar-refractivity contribution in [2.45, 2.75) is 69.8 Å². The largest absolute Gasteiger partial charge is 0.361 e. The number of allylic oxidation sites excluding steroid dienone is 1. The Bertz CT molecular complexity index is 1080. The zero-order valence-corrected chi connectivity index (χ0v) is 21.5. The van der Waals surface area contributed by atoms with Gasteiger partial charge in [0, 0.05) is 29.5 Å². The summed E-state index contributed by atoms with van der Waals surface area (Å²) < 4.78 is 1.53. The number of hydrogen-bond donors (Lipinski definition) is 2. The molecular formula is C26H38N8O. The summed E-state index contributed by atoms with van der Waals surface area (Å²) in [4.78, 5) is 12.8. The van der Waals surface area contributed by atoms with Crippen LogP contribution in [-0.4, -0.2) is 75.1 Å². The Labute approximate surface area is 208 Å². The van der Waals surface area contributed by atoms with E-state index in [-0.39, 0.29) is 17.0 Å². The lowest BCUT2D eigenvalue weighted by molar-refractivity contribution is 0.0324. The van der Waals surface area contributed by atoms with Crippen molar-refractivity contribution in [3.8, 4) is 0 Å². The molecule has 0 amide bonds. The second-order valence-corrected chi connectivity index (χ2v) is 10.3. The highest BCUT2D eigenvalue weighted by atomic mass is 16.3. The minimum absolute atomic E-state index is 0.0128. The van der Waals surface area contributed by atoms with Gasteiger partial charge in [-0.3, -0.25) is 10.2 Å². The highest BCUT2D eigenvalue weighted by molar-refractivity contribution is 5.85. The molecule has 1 atom stereocenters. The van der Waals surface area contributed by atoms with Crippen LogP contribution in [0.3, 0.4) is 0 Å². The molecule has 2 N–H and O–H groups in total. The quantitative estimate of drug-likeness (QED) is 0.507. The molecule has 1 aromatic carbocycles. The van der Waals surface area contributed by atoms with Crippen molar-refractivity contribution < 1.29 is 5.11 Å². The second kappa shape index (κ2) is 10.0. The first-order chi connectivity index (χ1) is 16.7. The fourth-order valence-electron chi connectivity index (χ4n) is 5.35. The molecule has 0 radical (unpaired) electrons. The molecule has 9 nitrogen and oxygen atoms in total. The number of aromatic nitrogens is 3. The van der Waals surface area contributed by atoms with Crippen LogP contribution in [-0.2, 0) is 5.54 Å². The van der Waals surface area contributed by atoms with Crippen LogP contribution in [0.1, 0.15) is 63.6 Å². The average Bonchev–Trinajstić information content (AvgIpc) is 3.46. The van der Waals surface area contributed by atoms with Crippen LogP contribution in [0, 0.1) is 0 Å². The molecule has 2 aliphatic rings. The van der Waals surface area contributed by atoms with E-state index in [4.69, 9.17) is 0 Å². The summed E-state index contributed by atoms with van der Waals surface area (Å²) in [5.41, 5.74) is 2.95. The average molecular weight is 479 g/mol. The fourth-order valence-corrected chi connectivity index (χ4v) is 5.35. The molecule has 1 aromatic heterocycles. The molecule has 1 saturated carbocycles. The number of hydrogen-bond acceptors (Lipinski definition) is 7. The maximum Gasteiger partial charge on any atom is 0.251 e. The van der Waals surface area contributed by atoms with Crippen molar-refractivity contribution in [1.29, 1.82) is 0 Å². The van der Waals surface area contributed by atoms with E-state index in [0.29, 0.717) is 5.96 Å². The van der Waals surface area contributed by atoms with Gasteiger partial charge in [0.25, 0.3) is 5.96 Å². The lowest BCUT2D eigenvalue weighted by atomic mass is 9.69. The Hall–Kier alpha value is -2.88. The highest BCUT2D eigenvalue weighted by Crippen LogP contribution is 2.46. The molecule has 1 spiro atoms. The van der Waals surface area contributed by atoms with Crippen molar-refractivity contribution in [3.63, 3.8) is 0 Å². The third-order valence-electron chi connectivity index (χ3n) is 7.67. The monoisotopic (exact) mass is 478 g/mol. The third-order valence-corrected chi connectivity index (χ3v) is 7.67. The van der Waals surface area contributed by atoms with Gasteiger partial charge >= 0.3 is 0 Å². The van der Waals surface area contributed by atoms with Gasteiger partial charge in [0.1, 0.15) is 0 Å². The van der Waals surface area contributed by atoms with Crippen LogP contribution in [0.2, 0.25) is 0 Å². The van der Waals surface area contributed by atoms with Crippen LogP contribution in [0.25, 0.3) is 0 Å². The van der Waals surface area contributed by atoms with Gasteiger partial charge in [-0.2, -0.15) is 4.68 Å². The van der Waals surface area contributed by atoms with Gasteiger partial charge in [0.15, 0.2) is 6.35 Å². The molecule has 188 valence electrons. The van der Waals surface area contributed by atoms with E-state index in [9.17, 15) is 5.11 Å². The molecule has 1 unspecified atom stereocenters. The van der Waals surface area contributed by atoms with E-state index >= 15 is 0 Å². The predicted molar refractivity (Wildman–Crippen MR) is 139 cm³/mol. The molecule has 1 aliphatic heterocycles. The standard InChI is InChI=1S/C26H38N8O/c1-19(2)22-17-34(31-30-22)23(27-4)28-16-20(3)33-18-25(29-24(33)35)12-14-26(15-13-25,32(5)6)21-10-8-7-9-11-21/h7-11,16-17,19,24,29,35H,4,12-15,18H2,1-3,5-6H3/b20-16+,28-23+/t24?,25-,26+. The third kappa shape index (κ3) is 4.94. The molecule has 9 heteroatoms. The van der Waals surface area contributed by atoms with E-state index in [1.165, 1.54) is 10.2 Å². The van der Waals surface area contributed by atoms with Crippen LogP contribution < -0.4 is 5.32 Å². The molecule has 2 heterocycles. The van der Waals surface area contributed by atoms with E-state index in [2.05, 4.69) is 95.5 Å². The van der Waals surface area contributed by atoms with Gasteiger partial charge in [0.2, 0.25) is 0 Å². The van der Waals surface area contributed by atoms with E-state index in [0.717, 1.165) is 43.6 Å². The Morgan fingerprint density at radius 1 is 1.23 bits per heavy atom. The Morgan fingerprint density at radius 3 is 2.49 bits per heavy atom. The van der Waals surface area contributed by atoms with Gasteiger partial charge in [-0.15, -0.1) is 5.10 Å². The summed E-state index contributed by atoms with van der Waals surface area (Å²) in [5.74, 6) is 0.606. The molecule has 35 heavy (non-hydrogen) atoms. The van der Waals surface area contributed by atoms with Crippen molar-refractivity contribution in [1.82, 2.24) is 30.1 Å². The van der Waals surface area contributed by atoms with Gasteiger partial charge in [0.05, 0.1) is 11.9 Å². The molecule has 2 fully saturated rings. The summed E-state index contributed by atoms with van der Waals surface area (Å²) in [6.07, 6.45) is 6.75. The minimum Gasteiger partial charge on any atom is -0.361 e. The van der Waals surface area contributed by atoms with Gasteiger partial charge in [-0.05, 0) is 64.9 Å². The number of aliphatic hydroxyl groups excluding tert-OH is 1. The van der Waals surface area contributed by atoms with Crippen molar-refractivity contribution >= 4 is 12.7 Å². The summed E-state index contributed by atoms with van der Waals surface area (Å²) in [6, 6.07) is 10.8. The van der Waals surface area contributed by atoms with Crippen molar-refractivity contribution in [3.05, 3.63) is 59.7 Å². The number of nitrogens with one attached hydrogen (secondary N) is 1. The minimum atomic E-state index is -0.760. The molecular weight excluding hydrogens is 440 g/mol. The Balaban J connectivity index is 1.48. The van der Waals surface area contributed by atoms with Crippen molar-refractivity contribution in [2.24, 2.45) is 9.98 Å². The Kier molecular flexibility index (Phi) is 7.21. The van der Waals surface area contributed by atoms with Gasteiger partial charge in [-0.1, -0.05) is 49.4 Å². The molecule has 1 aliphatic carbocycles. The number of aliphatic hydroxyl groups is 1. The number of nitrogens with zero attached hydrogens (tertiary/aromatic N) is 7. The van der Waals surface area contributed by atoms with Crippen LogP contribution in [0.5, 0.6) is 0 Å². The number of rotatable bonds is 5. The molecule has 1 saturated heterocycles. The molecule has 2 aromatic rings. The summed E-state index contributed by atoms with van der Waals surface area (Å²) in [5, 5.41) is 22.7. The summed E-state index contributed by atoms with van der Waals surface area (Å²) in [6.45, 7) is 10.4. The van der Waals surface area contributed by atoms with Gasteiger partial charge < -0.3 is 10.0 Å². The predicted octanol–water partition coefficient (Wildman–Crippen LogP) is 3.12. The van der Waals surface area contributed by atoms with E-state index < -0.39 is 6.35 Å². The SMILES string of the molecule is C=N/C(=N\C=C(/C)N1C[C@]2(CC[C@](c3ccccc3)(N(C)C)CC2)NC1O)n1cc(C(C)C)nn1. The van der Waals surface area contributed by atoms with E-state index in [1.807, 2.05) is 18.0 Å². The first kappa shape index (κ1) is 25.2. The molecule has 4 rings (SSSR count). The second-order valence-electron chi connectivity index (χ2n) is 10.3. The molecule has 0 bridgehead atoms. The zero-order valence-electron chi connectivity index (χ0n) is 21.5. The fraction of sp³-hybridized carbons (Fsp3) is 0.538. The summed E-state index contributed by atoms with van der Waals surface area (Å²) >= 11 is 0. The number of benzene rings is 1. The van der Waals surface area contributed by atoms with Crippen LogP contribution in [0.4, 0.5) is 0 Å². The number of aliphatic imine (C=N–C) groups is 2. The summed E-state index contributed by atoms with van der Waals surface area (Å²) in [7, 11) is 4.34. The Morgan fingerprint density at radius 2 is 1.91 bits per heavy atom.